The van der Waals surface area contributed by atoms with Gasteiger partial charge in [-0.05, 0) is 19.3 Å². The molecule has 2 heterocycles. The summed E-state index contributed by atoms with van der Waals surface area (Å²) in [4.78, 5) is 13.9. The Kier molecular flexibility index (Phi) is 3.51. The molecule has 2 saturated heterocycles. The third-order valence-corrected chi connectivity index (χ3v) is 3.83. The molecule has 0 N–H and O–H groups in total. The van der Waals surface area contributed by atoms with Crippen LogP contribution in [0.3, 0.4) is 0 Å². The molecular formula is C11H17NOS. The van der Waals surface area contributed by atoms with Crippen molar-refractivity contribution >= 4 is 17.5 Å². The van der Waals surface area contributed by atoms with E-state index < -0.39 is 0 Å². The van der Waals surface area contributed by atoms with Crippen LogP contribution in [-0.2, 0) is 4.79 Å². The number of nitrogens with zero attached hydrogens (tertiary/aromatic N) is 1. The monoisotopic (exact) mass is 211 g/mol. The first kappa shape index (κ1) is 10.1. The van der Waals surface area contributed by atoms with Crippen molar-refractivity contribution in [2.75, 3.05) is 24.6 Å². The summed E-state index contributed by atoms with van der Waals surface area (Å²) in [5.41, 5.74) is 1.04. The summed E-state index contributed by atoms with van der Waals surface area (Å²) in [6, 6.07) is 0. The summed E-state index contributed by atoms with van der Waals surface area (Å²) >= 11 is 1.88. The molecule has 0 aliphatic carbocycles. The molecule has 2 rings (SSSR count). The third-order valence-electron chi connectivity index (χ3n) is 2.82. The first-order valence-corrected chi connectivity index (χ1v) is 6.57. The topological polar surface area (TPSA) is 20.3 Å². The van der Waals surface area contributed by atoms with Crippen LogP contribution in [-0.4, -0.2) is 35.3 Å². The highest BCUT2D eigenvalue weighted by Crippen LogP contribution is 2.20. The van der Waals surface area contributed by atoms with Gasteiger partial charge in [0.25, 0.3) is 0 Å². The summed E-state index contributed by atoms with van der Waals surface area (Å²) in [6.45, 7) is 2.28. The smallest absolute Gasteiger partial charge is 0.161 e. The number of hydrogen-bond acceptors (Lipinski definition) is 3. The van der Waals surface area contributed by atoms with Gasteiger partial charge in [-0.25, -0.2) is 0 Å². The zero-order chi connectivity index (χ0) is 9.80. The Labute approximate surface area is 89.7 Å². The molecule has 0 saturated carbocycles. The lowest BCUT2D eigenvalue weighted by atomic mass is 10.1. The maximum absolute atomic E-state index is 11.6. The van der Waals surface area contributed by atoms with Gasteiger partial charge in [0.15, 0.2) is 5.78 Å². The van der Waals surface area contributed by atoms with E-state index in [1.165, 1.54) is 19.3 Å². The Bertz CT molecular complexity index is 244. The van der Waals surface area contributed by atoms with Gasteiger partial charge >= 0.3 is 0 Å². The molecule has 2 fully saturated rings. The standard InChI is InChI=1S/C11H17NOS/c13-11-4-7-14-9-10(11)8-12-5-2-1-3-6-12/h8H,1-7,9H2/b10-8+. The third kappa shape index (κ3) is 2.53. The summed E-state index contributed by atoms with van der Waals surface area (Å²) in [5.74, 6) is 2.31. The molecule has 0 bridgehead atoms. The van der Waals surface area contributed by atoms with E-state index in [2.05, 4.69) is 11.1 Å². The Morgan fingerprint density at radius 2 is 2.00 bits per heavy atom. The number of carbonyl (C=O) groups excluding carboxylic acids is 1. The van der Waals surface area contributed by atoms with Crippen molar-refractivity contribution in [2.45, 2.75) is 25.7 Å². The van der Waals surface area contributed by atoms with Crippen LogP contribution >= 0.6 is 11.8 Å². The van der Waals surface area contributed by atoms with Gasteiger partial charge in [0.2, 0.25) is 0 Å². The lowest BCUT2D eigenvalue weighted by Gasteiger charge is -2.26. The fourth-order valence-electron chi connectivity index (χ4n) is 1.97. The number of hydrogen-bond donors (Lipinski definition) is 0. The zero-order valence-corrected chi connectivity index (χ0v) is 9.31. The first-order valence-electron chi connectivity index (χ1n) is 5.42. The maximum Gasteiger partial charge on any atom is 0.161 e. The van der Waals surface area contributed by atoms with Crippen molar-refractivity contribution in [1.29, 1.82) is 0 Å². The van der Waals surface area contributed by atoms with Crippen molar-refractivity contribution in [3.63, 3.8) is 0 Å². The highest BCUT2D eigenvalue weighted by molar-refractivity contribution is 7.99. The molecule has 2 aliphatic rings. The van der Waals surface area contributed by atoms with Crippen LogP contribution in [0.4, 0.5) is 0 Å². The molecule has 0 amide bonds. The number of likely N-dealkylation sites (tertiary alicyclic amines) is 1. The predicted octanol–water partition coefficient (Wildman–Crippen LogP) is 2.06. The summed E-state index contributed by atoms with van der Waals surface area (Å²) in [6.07, 6.45) is 6.77. The second-order valence-corrected chi connectivity index (χ2v) is 5.08. The average Bonchev–Trinajstić information content (AvgIpc) is 2.23. The van der Waals surface area contributed by atoms with Crippen molar-refractivity contribution < 1.29 is 4.79 Å². The number of thioether (sulfide) groups is 1. The number of ketones is 1. The van der Waals surface area contributed by atoms with E-state index in [-0.39, 0.29) is 0 Å². The second-order valence-electron chi connectivity index (χ2n) is 3.98. The molecular weight excluding hydrogens is 194 g/mol. The molecule has 0 spiro atoms. The summed E-state index contributed by atoms with van der Waals surface area (Å²) < 4.78 is 0. The fourth-order valence-corrected chi connectivity index (χ4v) is 2.89. The Morgan fingerprint density at radius 1 is 1.21 bits per heavy atom. The van der Waals surface area contributed by atoms with Crippen molar-refractivity contribution in [1.82, 2.24) is 4.90 Å². The van der Waals surface area contributed by atoms with Crippen LogP contribution in [0, 0.1) is 0 Å². The van der Waals surface area contributed by atoms with E-state index in [0.29, 0.717) is 5.78 Å². The molecule has 14 heavy (non-hydrogen) atoms. The fraction of sp³-hybridized carbons (Fsp3) is 0.727. The Balaban J connectivity index is 1.96. The van der Waals surface area contributed by atoms with E-state index in [1.54, 1.807) is 0 Å². The van der Waals surface area contributed by atoms with Crippen LogP contribution in [0.25, 0.3) is 0 Å². The molecule has 0 aromatic rings. The van der Waals surface area contributed by atoms with E-state index in [0.717, 1.165) is 36.6 Å². The molecule has 2 nitrogen and oxygen atoms in total. The van der Waals surface area contributed by atoms with Gasteiger partial charge in [0.1, 0.15) is 0 Å². The first-order chi connectivity index (χ1) is 6.86. The Morgan fingerprint density at radius 3 is 2.71 bits per heavy atom. The quantitative estimate of drug-likeness (QED) is 0.619. The predicted molar refractivity (Wildman–Crippen MR) is 60.5 cm³/mol. The molecule has 0 aromatic heterocycles. The van der Waals surface area contributed by atoms with E-state index in [9.17, 15) is 4.79 Å². The van der Waals surface area contributed by atoms with Crippen LogP contribution in [0.2, 0.25) is 0 Å². The molecule has 3 heteroatoms. The highest BCUT2D eigenvalue weighted by Gasteiger charge is 2.16. The van der Waals surface area contributed by atoms with Crippen LogP contribution in [0.1, 0.15) is 25.7 Å². The van der Waals surface area contributed by atoms with Gasteiger partial charge in [-0.1, -0.05) is 0 Å². The van der Waals surface area contributed by atoms with E-state index >= 15 is 0 Å². The normalized spacial score (nSPS) is 27.0. The Hall–Kier alpha value is -0.440. The minimum absolute atomic E-state index is 0.370. The van der Waals surface area contributed by atoms with Crippen LogP contribution in [0.5, 0.6) is 0 Å². The van der Waals surface area contributed by atoms with Gasteiger partial charge < -0.3 is 4.90 Å². The number of carbonyl (C=O) groups is 1. The van der Waals surface area contributed by atoms with E-state index in [4.69, 9.17) is 0 Å². The molecule has 0 unspecified atom stereocenters. The van der Waals surface area contributed by atoms with Crippen molar-refractivity contribution in [3.8, 4) is 0 Å². The van der Waals surface area contributed by atoms with Gasteiger partial charge in [0, 0.05) is 42.8 Å². The van der Waals surface area contributed by atoms with Crippen molar-refractivity contribution in [2.24, 2.45) is 0 Å². The largest absolute Gasteiger partial charge is 0.377 e. The number of rotatable bonds is 1. The highest BCUT2D eigenvalue weighted by atomic mass is 32.2. The molecule has 0 atom stereocenters. The second kappa shape index (κ2) is 4.87. The minimum atomic E-state index is 0.370. The number of piperidine rings is 1. The lowest BCUT2D eigenvalue weighted by molar-refractivity contribution is -0.115. The summed E-state index contributed by atoms with van der Waals surface area (Å²) in [5, 5.41) is 0. The zero-order valence-electron chi connectivity index (χ0n) is 8.50. The van der Waals surface area contributed by atoms with Gasteiger partial charge in [-0.3, -0.25) is 4.79 Å². The average molecular weight is 211 g/mol. The molecule has 78 valence electrons. The SMILES string of the molecule is O=C1CCSC/C1=C\N1CCCCC1. The molecule has 0 radical (unpaired) electrons. The summed E-state index contributed by atoms with van der Waals surface area (Å²) in [7, 11) is 0. The van der Waals surface area contributed by atoms with Gasteiger partial charge in [-0.2, -0.15) is 11.8 Å². The molecule has 0 aromatic carbocycles. The van der Waals surface area contributed by atoms with Crippen molar-refractivity contribution in [3.05, 3.63) is 11.8 Å². The van der Waals surface area contributed by atoms with Crippen LogP contribution < -0.4 is 0 Å². The maximum atomic E-state index is 11.6. The number of Topliss-reactive ketones (excluding diaryl/α,β-unsaturated/α-hetero) is 1. The molecule has 2 aliphatic heterocycles. The van der Waals surface area contributed by atoms with E-state index in [1.807, 2.05) is 11.8 Å². The van der Waals surface area contributed by atoms with Crippen LogP contribution in [0.15, 0.2) is 11.8 Å². The minimum Gasteiger partial charge on any atom is -0.377 e. The van der Waals surface area contributed by atoms with Gasteiger partial charge in [0.05, 0.1) is 0 Å². The lowest BCUT2D eigenvalue weighted by Crippen LogP contribution is -2.26. The van der Waals surface area contributed by atoms with Gasteiger partial charge in [-0.15, -0.1) is 0 Å².